The van der Waals surface area contributed by atoms with Crippen LogP contribution in [0.25, 0.3) is 0 Å². The molecule has 0 spiro atoms. The van der Waals surface area contributed by atoms with Crippen molar-refractivity contribution in [3.05, 3.63) is 147 Å². The summed E-state index contributed by atoms with van der Waals surface area (Å²) in [5.41, 5.74) is -11.3. The molecular weight excluding hydrogens is 971 g/mol. The minimum atomic E-state index is -6.09. The van der Waals surface area contributed by atoms with Gasteiger partial charge in [-0.15, -0.1) is 0 Å². The number of rotatable bonds is 0. The van der Waals surface area contributed by atoms with Gasteiger partial charge in [-0.05, 0) is 50.2 Å². The van der Waals surface area contributed by atoms with Gasteiger partial charge in [-0.25, -0.2) is 16.8 Å². The van der Waals surface area contributed by atoms with E-state index in [1.165, 1.54) is 13.8 Å². The molecule has 0 atom stereocenters. The molecule has 0 aliphatic rings. The largest absolute Gasteiger partial charge is 2.00 e. The summed E-state index contributed by atoms with van der Waals surface area (Å²) in [6.07, 6.45) is 20.3. The molecule has 6 rings (SSSR count). The average Bonchev–Trinajstić information content (AvgIpc) is 3.94. The van der Waals surface area contributed by atoms with Crippen molar-refractivity contribution >= 4 is 26.0 Å². The molecule has 0 aromatic carbocycles. The summed E-state index contributed by atoms with van der Waals surface area (Å²) in [5.74, 6) is 0.167. The molecule has 6 aromatic rings. The number of carbonyl (C=O) groups is 1. The van der Waals surface area contributed by atoms with E-state index in [0.717, 1.165) is 0 Å². The fraction of sp³-hybridized carbons (Fsp3) is 0.138. The summed E-state index contributed by atoms with van der Waals surface area (Å²) >= 11 is 0. The van der Waals surface area contributed by atoms with Gasteiger partial charge in [0.15, 0.2) is 20.2 Å². The Morgan fingerprint density at radius 2 is 0.632 bits per heavy atom. The summed E-state index contributed by atoms with van der Waals surface area (Å²) < 4.78 is 118. The molecule has 57 heavy (non-hydrogen) atoms. The number of carbonyl (C=O) groups excluding carboxylic acids is 1. The summed E-state index contributed by atoms with van der Waals surface area (Å²) in [7, 11) is -12.2. The third-order valence-corrected chi connectivity index (χ3v) is 4.52. The van der Waals surface area contributed by atoms with E-state index in [-0.39, 0.29) is 62.5 Å². The summed E-state index contributed by atoms with van der Waals surface area (Å²) in [6.45, 7) is 3.06. The van der Waals surface area contributed by atoms with Crippen molar-refractivity contribution in [3.63, 3.8) is 0 Å². The first-order valence-electron chi connectivity index (χ1n) is 13.4. The Kier molecular flexibility index (Phi) is 50.6. The van der Waals surface area contributed by atoms with Crippen molar-refractivity contribution < 1.29 is 114 Å². The van der Waals surface area contributed by atoms with Crippen LogP contribution in [0.15, 0.2) is 147 Å². The second kappa shape index (κ2) is 42.8. The number of hydrogen-bond donors (Lipinski definition) is 0. The standard InChI is InChI=1S/3C5H5N.3C3H3N2.C3H6O.2CHF3O3S.3Cu.H2O/c3*1-2-4-6-5-3-1;3*1-2-4-5-3-1;1-3(2)4;2*2-1(3,4)8(5,6)7;;;;/h3*1-5H;3*1-3H;1-2H3;2*(H,5,6,7);;;;1H2/q;;;3*-1;;;;3*+2;/p-3. The minimum absolute atomic E-state index is 0. The van der Waals surface area contributed by atoms with Crippen LogP contribution in [0.4, 0.5) is 26.3 Å². The predicted molar refractivity (Wildman–Crippen MR) is 175 cm³/mol. The van der Waals surface area contributed by atoms with Crippen molar-refractivity contribution in [2.24, 2.45) is 0 Å². The number of ketones is 1. The van der Waals surface area contributed by atoms with Gasteiger partial charge >= 0.3 is 62.2 Å². The molecule has 28 heteroatoms. The fourth-order valence-corrected chi connectivity index (χ4v) is 1.52. The number of alkyl halides is 6. The van der Waals surface area contributed by atoms with Crippen LogP contribution in [0.5, 0.6) is 0 Å². The van der Waals surface area contributed by atoms with Gasteiger partial charge in [0.05, 0.1) is 0 Å². The zero-order chi connectivity index (χ0) is 40.9. The molecule has 17 nitrogen and oxygen atoms in total. The number of nitrogens with zero attached hydrogens (tertiary/aromatic N) is 9. The first-order chi connectivity index (χ1) is 24.7. The third-order valence-electron chi connectivity index (χ3n) is 3.38. The average molecular weight is 1000 g/mol. The van der Waals surface area contributed by atoms with Crippen LogP contribution in [-0.4, -0.2) is 78.5 Å². The Bertz CT molecular complexity index is 1480. The Hall–Kier alpha value is -4.33. The molecule has 0 amide bonds. The second-order valence-corrected chi connectivity index (χ2v) is 10.7. The number of pyridine rings is 3. The van der Waals surface area contributed by atoms with E-state index >= 15 is 0 Å². The van der Waals surface area contributed by atoms with E-state index in [0.29, 0.717) is 0 Å². The molecular formula is C29H31Cu3F6N9O8S2. The molecule has 0 aliphatic carbocycles. The maximum absolute atomic E-state index is 10.7. The quantitative estimate of drug-likeness (QED) is 0.0903. The van der Waals surface area contributed by atoms with E-state index in [1.807, 2.05) is 54.6 Å². The number of halogens is 6. The van der Waals surface area contributed by atoms with E-state index in [2.05, 4.69) is 45.5 Å². The molecule has 6 heterocycles. The molecule has 0 fully saturated rings. The molecule has 0 saturated carbocycles. The van der Waals surface area contributed by atoms with Gasteiger partial charge < -0.3 is 50.0 Å². The maximum atomic E-state index is 10.7. The van der Waals surface area contributed by atoms with Crippen molar-refractivity contribution in [1.82, 2.24) is 45.5 Å². The number of aromatic nitrogens is 9. The van der Waals surface area contributed by atoms with Crippen LogP contribution in [-0.2, 0) is 76.2 Å². The topological polar surface area (TPSA) is 281 Å². The predicted octanol–water partition coefficient (Wildman–Crippen LogP) is 3.88. The van der Waals surface area contributed by atoms with Crippen LogP contribution < -0.4 is 15.3 Å². The Balaban J connectivity index is -0.0000000984. The SMILES string of the molecule is CC(C)=O.O=S(=O)([O-])C(F)(F)F.O=S(=O)([O-])C(F)(F)F.[Cu+2].[Cu+2].[Cu+2].[OH-].c1ccncc1.c1ccncc1.c1ccncc1.c1cn[n-]c1.c1cn[n-]c1.c1cn[n-]c1. The fourth-order valence-electron chi connectivity index (χ4n) is 1.52. The van der Waals surface area contributed by atoms with E-state index < -0.39 is 31.3 Å². The van der Waals surface area contributed by atoms with Crippen molar-refractivity contribution in [2.45, 2.75) is 24.9 Å². The summed E-state index contributed by atoms with van der Waals surface area (Å²) in [6, 6.07) is 22.5. The van der Waals surface area contributed by atoms with Crippen molar-refractivity contribution in [3.8, 4) is 0 Å². The van der Waals surface area contributed by atoms with Crippen LogP contribution in [0.3, 0.4) is 0 Å². The Morgan fingerprint density at radius 3 is 0.667 bits per heavy atom. The van der Waals surface area contributed by atoms with E-state index in [9.17, 15) is 31.1 Å². The van der Waals surface area contributed by atoms with Gasteiger partial charge in [0.1, 0.15) is 5.78 Å². The molecule has 0 bridgehead atoms. The molecule has 0 aliphatic heterocycles. The zero-order valence-corrected chi connectivity index (χ0v) is 33.1. The Morgan fingerprint density at radius 1 is 0.456 bits per heavy atom. The smallest absolute Gasteiger partial charge is 0.870 e. The van der Waals surface area contributed by atoms with Gasteiger partial charge in [0, 0.05) is 55.8 Å². The molecule has 327 valence electrons. The monoisotopic (exact) mass is 1000 g/mol. The molecule has 3 radical (unpaired) electrons. The molecule has 6 aromatic heterocycles. The first-order valence-corrected chi connectivity index (χ1v) is 16.3. The van der Waals surface area contributed by atoms with Gasteiger partial charge in [0.25, 0.3) is 0 Å². The van der Waals surface area contributed by atoms with E-state index in [4.69, 9.17) is 25.9 Å². The number of hydrogen-bond acceptors (Lipinski definition) is 14. The maximum Gasteiger partial charge on any atom is 2.00 e. The summed E-state index contributed by atoms with van der Waals surface area (Å²) in [5, 5.41) is 20.8. The zero-order valence-electron chi connectivity index (χ0n) is 28.7. The van der Waals surface area contributed by atoms with E-state index in [1.54, 1.807) is 92.6 Å². The molecule has 1 N–H and O–H groups in total. The number of Topliss-reactive ketones (excluding diaryl/α,β-unsaturated/α-hetero) is 1. The third kappa shape index (κ3) is 58.5. The van der Waals surface area contributed by atoms with Crippen LogP contribution in [0.2, 0.25) is 0 Å². The molecule has 0 saturated heterocycles. The first kappa shape index (κ1) is 67.4. The van der Waals surface area contributed by atoms with Gasteiger partial charge in [-0.3, -0.25) is 15.0 Å². The van der Waals surface area contributed by atoms with Crippen LogP contribution >= 0.6 is 0 Å². The normalized spacial score (nSPS) is 9.02. The second-order valence-electron chi connectivity index (χ2n) is 7.95. The summed E-state index contributed by atoms with van der Waals surface area (Å²) in [4.78, 5) is 20.8. The molecule has 0 unspecified atom stereocenters. The van der Waals surface area contributed by atoms with Crippen molar-refractivity contribution in [2.75, 3.05) is 0 Å². The van der Waals surface area contributed by atoms with Crippen LogP contribution in [0, 0.1) is 0 Å². The van der Waals surface area contributed by atoms with Gasteiger partial charge in [0.2, 0.25) is 0 Å². The van der Waals surface area contributed by atoms with Gasteiger partial charge in [-0.1, -0.05) is 36.4 Å². The van der Waals surface area contributed by atoms with Crippen molar-refractivity contribution in [1.29, 1.82) is 0 Å². The van der Waals surface area contributed by atoms with Gasteiger partial charge in [-0.2, -0.15) is 44.9 Å². The van der Waals surface area contributed by atoms with Crippen LogP contribution in [0.1, 0.15) is 13.8 Å². The minimum Gasteiger partial charge on any atom is -0.870 e. The Labute approximate surface area is 355 Å².